The van der Waals surface area contributed by atoms with Crippen molar-refractivity contribution in [1.82, 2.24) is 10.2 Å². The third kappa shape index (κ3) is 7.79. The zero-order valence-corrected chi connectivity index (χ0v) is 17.7. The zero-order chi connectivity index (χ0) is 19.7. The van der Waals surface area contributed by atoms with Crippen LogP contribution in [0.5, 0.6) is 5.75 Å². The van der Waals surface area contributed by atoms with Gasteiger partial charge in [0.25, 0.3) is 5.91 Å². The number of nitrogens with one attached hydrogen (secondary N) is 1. The lowest BCUT2D eigenvalue weighted by molar-refractivity contribution is -0.123. The molecular weight excluding hydrogens is 389 g/mol. The first-order chi connectivity index (χ1) is 12.3. The van der Waals surface area contributed by atoms with Crippen LogP contribution in [0.15, 0.2) is 24.8 Å². The third-order valence-corrected chi connectivity index (χ3v) is 4.38. The van der Waals surface area contributed by atoms with E-state index in [1.165, 1.54) is 19.1 Å². The van der Waals surface area contributed by atoms with E-state index in [4.69, 9.17) is 22.1 Å². The monoisotopic (exact) mass is 417 g/mol. The second-order valence-corrected chi connectivity index (χ2v) is 6.30. The Morgan fingerprint density at radius 2 is 2.00 bits per heavy atom. The number of amides is 1. The lowest BCUT2D eigenvalue weighted by Gasteiger charge is -2.20. The lowest BCUT2D eigenvalue weighted by atomic mass is 10.1. The molecule has 152 valence electrons. The summed E-state index contributed by atoms with van der Waals surface area (Å²) < 4.78 is 5.74. The van der Waals surface area contributed by atoms with E-state index < -0.39 is 6.10 Å². The molecule has 1 rings (SSSR count). The average molecular weight is 418 g/mol. The van der Waals surface area contributed by atoms with Crippen LogP contribution in [0.3, 0.4) is 0 Å². The van der Waals surface area contributed by atoms with Crippen LogP contribution >= 0.6 is 24.0 Å². The molecule has 0 heterocycles. The van der Waals surface area contributed by atoms with Gasteiger partial charge in [0.15, 0.2) is 11.9 Å². The van der Waals surface area contributed by atoms with Crippen LogP contribution in [0.2, 0.25) is 5.02 Å². The molecule has 3 N–H and O–H groups in total. The maximum absolute atomic E-state index is 12.6. The van der Waals surface area contributed by atoms with Crippen LogP contribution in [0, 0.1) is 0 Å². The van der Waals surface area contributed by atoms with Crippen molar-refractivity contribution in [2.45, 2.75) is 33.3 Å². The predicted molar refractivity (Wildman–Crippen MR) is 113 cm³/mol. The van der Waals surface area contributed by atoms with Gasteiger partial charge in [0.1, 0.15) is 5.75 Å². The Hall–Kier alpha value is -1.76. The summed E-state index contributed by atoms with van der Waals surface area (Å²) in [5.41, 5.74) is 6.36. The van der Waals surface area contributed by atoms with Crippen molar-refractivity contribution in [2.75, 3.05) is 31.9 Å². The SMILES string of the molecule is C=CCC(Oc1cc(N)c(Cl)cc1C(=O)NCCN(CC)CC)C(C)=O.Cl. The Kier molecular flexibility index (Phi) is 11.8. The summed E-state index contributed by atoms with van der Waals surface area (Å²) in [5.74, 6) is -0.254. The molecule has 1 aromatic rings. The van der Waals surface area contributed by atoms with Crippen LogP contribution in [0.4, 0.5) is 5.69 Å². The fraction of sp³-hybridized carbons (Fsp3) is 0.474. The van der Waals surface area contributed by atoms with Gasteiger partial charge < -0.3 is 20.7 Å². The molecule has 1 atom stereocenters. The summed E-state index contributed by atoms with van der Waals surface area (Å²) in [6, 6.07) is 2.94. The number of nitrogens with zero attached hydrogens (tertiary/aromatic N) is 1. The van der Waals surface area contributed by atoms with Gasteiger partial charge in [0.05, 0.1) is 16.3 Å². The van der Waals surface area contributed by atoms with E-state index in [1.807, 2.05) is 0 Å². The first-order valence-electron chi connectivity index (χ1n) is 8.71. The van der Waals surface area contributed by atoms with Crippen LogP contribution in [0.25, 0.3) is 0 Å². The molecule has 0 saturated heterocycles. The largest absolute Gasteiger partial charge is 0.481 e. The molecule has 0 bridgehead atoms. The van der Waals surface area contributed by atoms with E-state index >= 15 is 0 Å². The standard InChI is InChI=1S/C19H28ClN3O3.ClH/c1-5-8-17(13(4)24)26-18-12-16(21)15(20)11-14(18)19(25)22-9-10-23(6-2)7-3;/h5,11-12,17H,1,6-10,21H2,2-4H3,(H,22,25);1H. The molecule has 0 saturated carbocycles. The maximum Gasteiger partial charge on any atom is 0.255 e. The van der Waals surface area contributed by atoms with E-state index in [2.05, 4.69) is 30.6 Å². The van der Waals surface area contributed by atoms with Crippen molar-refractivity contribution in [1.29, 1.82) is 0 Å². The molecule has 1 aromatic carbocycles. The van der Waals surface area contributed by atoms with Crippen molar-refractivity contribution >= 4 is 41.4 Å². The number of halogens is 2. The van der Waals surface area contributed by atoms with Gasteiger partial charge in [-0.3, -0.25) is 9.59 Å². The molecular formula is C19H29Cl2N3O3. The minimum Gasteiger partial charge on any atom is -0.481 e. The average Bonchev–Trinajstić information content (AvgIpc) is 2.60. The molecule has 1 amide bonds. The minimum absolute atomic E-state index is 0. The third-order valence-electron chi connectivity index (χ3n) is 4.05. The first-order valence-corrected chi connectivity index (χ1v) is 9.09. The summed E-state index contributed by atoms with van der Waals surface area (Å²) in [5, 5.41) is 3.11. The van der Waals surface area contributed by atoms with Crippen molar-refractivity contribution in [2.24, 2.45) is 0 Å². The van der Waals surface area contributed by atoms with Crippen LogP contribution in [-0.4, -0.2) is 48.9 Å². The van der Waals surface area contributed by atoms with Crippen molar-refractivity contribution in [3.05, 3.63) is 35.4 Å². The Bertz CT molecular complexity index is 649. The molecule has 0 spiro atoms. The number of rotatable bonds is 11. The zero-order valence-electron chi connectivity index (χ0n) is 16.1. The summed E-state index contributed by atoms with van der Waals surface area (Å²) in [4.78, 5) is 26.5. The number of hydrogen-bond acceptors (Lipinski definition) is 5. The van der Waals surface area contributed by atoms with Gasteiger partial charge in [-0.2, -0.15) is 0 Å². The number of Topliss-reactive ketones (excluding diaryl/α,β-unsaturated/α-hetero) is 1. The number of likely N-dealkylation sites (N-methyl/N-ethyl adjacent to an activating group) is 1. The van der Waals surface area contributed by atoms with Crippen LogP contribution < -0.4 is 15.8 Å². The molecule has 0 aliphatic heterocycles. The van der Waals surface area contributed by atoms with Gasteiger partial charge >= 0.3 is 0 Å². The fourth-order valence-corrected chi connectivity index (χ4v) is 2.57. The van der Waals surface area contributed by atoms with Crippen molar-refractivity contribution in [3.8, 4) is 5.75 Å². The van der Waals surface area contributed by atoms with Gasteiger partial charge in [0, 0.05) is 25.6 Å². The van der Waals surface area contributed by atoms with E-state index in [0.717, 1.165) is 19.6 Å². The second kappa shape index (κ2) is 12.6. The minimum atomic E-state index is -0.727. The number of nitrogens with two attached hydrogens (primary N) is 1. The first kappa shape index (κ1) is 25.2. The number of ether oxygens (including phenoxy) is 1. The van der Waals surface area contributed by atoms with Gasteiger partial charge in [0.2, 0.25) is 0 Å². The van der Waals surface area contributed by atoms with Crippen molar-refractivity contribution in [3.63, 3.8) is 0 Å². The number of benzene rings is 1. The summed E-state index contributed by atoms with van der Waals surface area (Å²) >= 11 is 6.07. The van der Waals surface area contributed by atoms with Crippen molar-refractivity contribution < 1.29 is 14.3 Å². The smallest absolute Gasteiger partial charge is 0.255 e. The van der Waals surface area contributed by atoms with Gasteiger partial charge in [-0.05, 0) is 26.1 Å². The summed E-state index contributed by atoms with van der Waals surface area (Å²) in [7, 11) is 0. The number of hydrogen-bond donors (Lipinski definition) is 2. The number of nitrogen functional groups attached to an aromatic ring is 1. The van der Waals surface area contributed by atoms with E-state index in [1.54, 1.807) is 6.08 Å². The highest BCUT2D eigenvalue weighted by molar-refractivity contribution is 6.33. The topological polar surface area (TPSA) is 84.7 Å². The van der Waals surface area contributed by atoms with Gasteiger partial charge in [-0.1, -0.05) is 31.5 Å². The lowest BCUT2D eigenvalue weighted by Crippen LogP contribution is -2.35. The van der Waals surface area contributed by atoms with Gasteiger partial charge in [-0.25, -0.2) is 0 Å². The van der Waals surface area contributed by atoms with Crippen LogP contribution in [0.1, 0.15) is 37.6 Å². The molecule has 6 nitrogen and oxygen atoms in total. The molecule has 0 radical (unpaired) electrons. The van der Waals surface area contributed by atoms with E-state index in [-0.39, 0.29) is 46.1 Å². The molecule has 0 fully saturated rings. The number of carbonyl (C=O) groups is 2. The highest BCUT2D eigenvalue weighted by Crippen LogP contribution is 2.30. The van der Waals surface area contributed by atoms with Gasteiger partial charge in [-0.15, -0.1) is 19.0 Å². The molecule has 0 aromatic heterocycles. The number of anilines is 1. The van der Waals surface area contributed by atoms with E-state index in [0.29, 0.717) is 13.0 Å². The second-order valence-electron chi connectivity index (χ2n) is 5.89. The fourth-order valence-electron chi connectivity index (χ4n) is 2.41. The molecule has 27 heavy (non-hydrogen) atoms. The van der Waals surface area contributed by atoms with Crippen LogP contribution in [-0.2, 0) is 4.79 Å². The maximum atomic E-state index is 12.6. The molecule has 8 heteroatoms. The molecule has 1 unspecified atom stereocenters. The molecule has 0 aliphatic carbocycles. The molecule has 0 aliphatic rings. The Balaban J connectivity index is 0.00000676. The summed E-state index contributed by atoms with van der Waals surface area (Å²) in [6.45, 7) is 12.2. The highest BCUT2D eigenvalue weighted by atomic mass is 35.5. The highest BCUT2D eigenvalue weighted by Gasteiger charge is 2.21. The summed E-state index contributed by atoms with van der Waals surface area (Å²) in [6.07, 6.45) is 1.20. The number of carbonyl (C=O) groups excluding carboxylic acids is 2. The van der Waals surface area contributed by atoms with E-state index in [9.17, 15) is 9.59 Å². The quantitative estimate of drug-likeness (QED) is 0.425. The predicted octanol–water partition coefficient (Wildman–Crippen LogP) is 3.33. The number of ketones is 1. The normalized spacial score (nSPS) is 11.4. The Morgan fingerprint density at radius 1 is 1.37 bits per heavy atom. The Morgan fingerprint density at radius 3 is 2.52 bits per heavy atom. The Labute approximate surface area is 172 Å².